The summed E-state index contributed by atoms with van der Waals surface area (Å²) < 4.78 is 0. The third-order valence-electron chi connectivity index (χ3n) is 1.63. The van der Waals surface area contributed by atoms with E-state index in [1.54, 1.807) is 0 Å². The minimum atomic E-state index is 0.868. The summed E-state index contributed by atoms with van der Waals surface area (Å²) in [6, 6.07) is 0. The second kappa shape index (κ2) is 4.39. The Labute approximate surface area is 79.6 Å². The number of hydrogen-bond donors (Lipinski definition) is 1. The second-order valence-corrected chi connectivity index (χ2v) is 3.81. The highest BCUT2D eigenvalue weighted by Crippen LogP contribution is 2.00. The third kappa shape index (κ3) is 3.57. The molecule has 13 heavy (non-hydrogen) atoms. The Bertz CT molecular complexity index is 227. The van der Waals surface area contributed by atoms with Crippen LogP contribution >= 0.6 is 0 Å². The molecule has 0 aliphatic heterocycles. The maximum Gasteiger partial charge on any atom is 0.120 e. The fourth-order valence-electron chi connectivity index (χ4n) is 1.19. The molecule has 0 bridgehead atoms. The van der Waals surface area contributed by atoms with E-state index in [1.165, 1.54) is 0 Å². The SMILES string of the molecule is CN(C)Cc1c[nH]c(CN(C)C)n1. The Hall–Kier alpha value is -0.870. The summed E-state index contributed by atoms with van der Waals surface area (Å²) in [6.45, 7) is 1.76. The average molecular weight is 182 g/mol. The zero-order chi connectivity index (χ0) is 9.84. The molecule has 0 spiro atoms. The Morgan fingerprint density at radius 2 is 1.77 bits per heavy atom. The minimum Gasteiger partial charge on any atom is -0.347 e. The summed E-state index contributed by atoms with van der Waals surface area (Å²) in [5, 5.41) is 0. The molecule has 0 unspecified atom stereocenters. The Kier molecular flexibility index (Phi) is 3.45. The van der Waals surface area contributed by atoms with Gasteiger partial charge in [0.15, 0.2) is 0 Å². The Balaban J connectivity index is 2.53. The van der Waals surface area contributed by atoms with Gasteiger partial charge in [0, 0.05) is 12.7 Å². The van der Waals surface area contributed by atoms with E-state index in [0.717, 1.165) is 24.6 Å². The molecule has 0 aliphatic rings. The number of nitrogens with zero attached hydrogens (tertiary/aromatic N) is 3. The van der Waals surface area contributed by atoms with Crippen molar-refractivity contribution in [3.05, 3.63) is 17.7 Å². The van der Waals surface area contributed by atoms with Crippen LogP contribution in [0.2, 0.25) is 0 Å². The topological polar surface area (TPSA) is 35.2 Å². The average Bonchev–Trinajstić information content (AvgIpc) is 2.33. The molecule has 0 aliphatic carbocycles. The van der Waals surface area contributed by atoms with E-state index in [9.17, 15) is 0 Å². The maximum atomic E-state index is 4.45. The Morgan fingerprint density at radius 3 is 2.31 bits per heavy atom. The summed E-state index contributed by atoms with van der Waals surface area (Å²) >= 11 is 0. The first-order valence-corrected chi connectivity index (χ1v) is 4.40. The van der Waals surface area contributed by atoms with Gasteiger partial charge in [0.1, 0.15) is 5.82 Å². The molecule has 0 aromatic carbocycles. The van der Waals surface area contributed by atoms with Gasteiger partial charge in [0.25, 0.3) is 0 Å². The molecule has 1 N–H and O–H groups in total. The first-order chi connectivity index (χ1) is 6.08. The van der Waals surface area contributed by atoms with Crippen LogP contribution in [0.4, 0.5) is 0 Å². The van der Waals surface area contributed by atoms with E-state index < -0.39 is 0 Å². The summed E-state index contributed by atoms with van der Waals surface area (Å²) in [6.07, 6.45) is 1.97. The molecule has 74 valence electrons. The zero-order valence-corrected chi connectivity index (χ0v) is 8.83. The van der Waals surface area contributed by atoms with Crippen LogP contribution in [0.25, 0.3) is 0 Å². The van der Waals surface area contributed by atoms with Crippen LogP contribution in [-0.2, 0) is 13.1 Å². The van der Waals surface area contributed by atoms with Crippen molar-refractivity contribution < 1.29 is 0 Å². The van der Waals surface area contributed by atoms with Gasteiger partial charge in [-0.15, -0.1) is 0 Å². The number of aromatic amines is 1. The van der Waals surface area contributed by atoms with Gasteiger partial charge in [0.2, 0.25) is 0 Å². The van der Waals surface area contributed by atoms with Crippen molar-refractivity contribution in [3.63, 3.8) is 0 Å². The van der Waals surface area contributed by atoms with Crippen LogP contribution in [0.1, 0.15) is 11.5 Å². The number of imidazole rings is 1. The number of rotatable bonds is 4. The largest absolute Gasteiger partial charge is 0.347 e. The van der Waals surface area contributed by atoms with Gasteiger partial charge in [-0.1, -0.05) is 0 Å². The van der Waals surface area contributed by atoms with Crippen molar-refractivity contribution in [3.8, 4) is 0 Å². The van der Waals surface area contributed by atoms with Gasteiger partial charge in [-0.25, -0.2) is 4.98 Å². The zero-order valence-electron chi connectivity index (χ0n) is 8.83. The van der Waals surface area contributed by atoms with Crippen molar-refractivity contribution >= 4 is 0 Å². The highest BCUT2D eigenvalue weighted by atomic mass is 15.1. The quantitative estimate of drug-likeness (QED) is 0.738. The second-order valence-electron chi connectivity index (χ2n) is 3.81. The van der Waals surface area contributed by atoms with E-state index in [4.69, 9.17) is 0 Å². The van der Waals surface area contributed by atoms with Gasteiger partial charge >= 0.3 is 0 Å². The first kappa shape index (κ1) is 10.2. The molecule has 1 heterocycles. The fourth-order valence-corrected chi connectivity index (χ4v) is 1.19. The first-order valence-electron chi connectivity index (χ1n) is 4.40. The monoisotopic (exact) mass is 182 g/mol. The molecule has 4 heteroatoms. The van der Waals surface area contributed by atoms with Crippen LogP contribution in [-0.4, -0.2) is 48.0 Å². The van der Waals surface area contributed by atoms with Crippen LogP contribution < -0.4 is 0 Å². The number of aromatic nitrogens is 2. The summed E-state index contributed by atoms with van der Waals surface area (Å²) in [5.41, 5.74) is 1.10. The van der Waals surface area contributed by atoms with E-state index in [0.29, 0.717) is 0 Å². The molecule has 0 atom stereocenters. The van der Waals surface area contributed by atoms with Crippen molar-refractivity contribution in [1.29, 1.82) is 0 Å². The lowest BCUT2D eigenvalue weighted by Crippen LogP contribution is -2.13. The number of H-pyrrole nitrogens is 1. The van der Waals surface area contributed by atoms with Gasteiger partial charge < -0.3 is 14.8 Å². The number of hydrogen-bond acceptors (Lipinski definition) is 3. The molecular weight excluding hydrogens is 164 g/mol. The standard InChI is InChI=1S/C9H18N4/c1-12(2)6-8-5-10-9(11-8)7-13(3)4/h5H,6-7H2,1-4H3,(H,10,11). The summed E-state index contributed by atoms with van der Waals surface area (Å²) in [7, 11) is 8.16. The lowest BCUT2D eigenvalue weighted by molar-refractivity contribution is 0.386. The van der Waals surface area contributed by atoms with Crippen LogP contribution in [0.5, 0.6) is 0 Å². The van der Waals surface area contributed by atoms with Crippen LogP contribution in [0.15, 0.2) is 6.20 Å². The Morgan fingerprint density at radius 1 is 1.15 bits per heavy atom. The van der Waals surface area contributed by atoms with Gasteiger partial charge in [-0.05, 0) is 28.2 Å². The highest BCUT2D eigenvalue weighted by molar-refractivity contribution is 5.00. The van der Waals surface area contributed by atoms with E-state index >= 15 is 0 Å². The highest BCUT2D eigenvalue weighted by Gasteiger charge is 2.02. The van der Waals surface area contributed by atoms with Gasteiger partial charge in [-0.2, -0.15) is 0 Å². The maximum absolute atomic E-state index is 4.45. The molecule has 1 aromatic heterocycles. The van der Waals surface area contributed by atoms with Crippen molar-refractivity contribution in [2.45, 2.75) is 13.1 Å². The fraction of sp³-hybridized carbons (Fsp3) is 0.667. The smallest absolute Gasteiger partial charge is 0.120 e. The predicted octanol–water partition coefficient (Wildman–Crippen LogP) is 0.533. The van der Waals surface area contributed by atoms with Crippen molar-refractivity contribution in [1.82, 2.24) is 19.8 Å². The third-order valence-corrected chi connectivity index (χ3v) is 1.63. The van der Waals surface area contributed by atoms with Crippen LogP contribution in [0, 0.1) is 0 Å². The molecule has 0 amide bonds. The van der Waals surface area contributed by atoms with Crippen molar-refractivity contribution in [2.24, 2.45) is 0 Å². The van der Waals surface area contributed by atoms with E-state index in [2.05, 4.69) is 19.8 Å². The van der Waals surface area contributed by atoms with Crippen molar-refractivity contribution in [2.75, 3.05) is 28.2 Å². The molecule has 0 fully saturated rings. The molecular formula is C9H18N4. The molecule has 0 radical (unpaired) electrons. The van der Waals surface area contributed by atoms with Gasteiger partial charge in [-0.3, -0.25) is 0 Å². The summed E-state index contributed by atoms with van der Waals surface area (Å²) in [4.78, 5) is 11.8. The molecule has 1 aromatic rings. The van der Waals surface area contributed by atoms with Crippen LogP contribution in [0.3, 0.4) is 0 Å². The molecule has 1 rings (SSSR count). The normalized spacial score (nSPS) is 11.5. The minimum absolute atomic E-state index is 0.868. The van der Waals surface area contributed by atoms with Gasteiger partial charge in [0.05, 0.1) is 12.2 Å². The van der Waals surface area contributed by atoms with E-state index in [1.807, 2.05) is 34.4 Å². The lowest BCUT2D eigenvalue weighted by Gasteiger charge is -2.06. The number of nitrogens with one attached hydrogen (secondary N) is 1. The molecule has 0 saturated carbocycles. The predicted molar refractivity (Wildman–Crippen MR) is 53.4 cm³/mol. The molecule has 0 saturated heterocycles. The summed E-state index contributed by atoms with van der Waals surface area (Å²) in [5.74, 6) is 1.03. The lowest BCUT2D eigenvalue weighted by atomic mass is 10.4. The van der Waals surface area contributed by atoms with E-state index in [-0.39, 0.29) is 0 Å². The molecule has 4 nitrogen and oxygen atoms in total.